The van der Waals surface area contributed by atoms with Gasteiger partial charge in [-0.05, 0) is 37.8 Å². The lowest BCUT2D eigenvalue weighted by molar-refractivity contribution is -0.132. The molecule has 1 aromatic heterocycles. The molecule has 0 spiro atoms. The molecule has 1 saturated heterocycles. The van der Waals surface area contributed by atoms with Gasteiger partial charge in [-0.1, -0.05) is 23.7 Å². The molecule has 2 aromatic rings. The lowest BCUT2D eigenvalue weighted by Gasteiger charge is -2.39. The van der Waals surface area contributed by atoms with Crippen molar-refractivity contribution < 1.29 is 18.5 Å². The molecule has 9 heteroatoms. The van der Waals surface area contributed by atoms with Gasteiger partial charge >= 0.3 is 6.03 Å². The highest BCUT2D eigenvalue weighted by molar-refractivity contribution is 5.89. The molecule has 0 bridgehead atoms. The molecule has 1 saturated carbocycles. The molecule has 1 N–H and O–H groups in total. The Bertz CT molecular complexity index is 929. The molecule has 1 aliphatic heterocycles. The van der Waals surface area contributed by atoms with Gasteiger partial charge < -0.3 is 19.6 Å². The molecular formula is C22H28FN5O3. The van der Waals surface area contributed by atoms with Crippen molar-refractivity contribution in [2.75, 3.05) is 25.0 Å². The van der Waals surface area contributed by atoms with Crippen molar-refractivity contribution in [3.63, 3.8) is 0 Å². The molecule has 2 fully saturated rings. The minimum atomic E-state index is -0.476. The standard InChI is InChI=1S/C22H28FN5O3/c1-15(29)28(13-11-20-25-21(31-26-20)16-6-4-7-16)17-8-5-12-27(14-17)22(30)24-19-10-3-2-9-18(19)23/h2-3,9-10,16-17H,4-8,11-14H2,1H3,(H,24,30). The summed E-state index contributed by atoms with van der Waals surface area (Å²) in [4.78, 5) is 32.9. The van der Waals surface area contributed by atoms with Crippen LogP contribution in [0.1, 0.15) is 56.7 Å². The van der Waals surface area contributed by atoms with E-state index in [0.29, 0.717) is 43.7 Å². The molecule has 1 atom stereocenters. The van der Waals surface area contributed by atoms with Crippen LogP contribution < -0.4 is 5.32 Å². The maximum absolute atomic E-state index is 13.9. The van der Waals surface area contributed by atoms with E-state index in [2.05, 4.69) is 15.5 Å². The number of carbonyl (C=O) groups excluding carboxylic acids is 2. The van der Waals surface area contributed by atoms with Crippen LogP contribution in [0.5, 0.6) is 0 Å². The highest BCUT2D eigenvalue weighted by Gasteiger charge is 2.30. The SMILES string of the molecule is CC(=O)N(CCc1noc(C2CCC2)n1)C1CCCN(C(=O)Nc2ccccc2F)C1. The Kier molecular flexibility index (Phi) is 6.48. The van der Waals surface area contributed by atoms with Crippen molar-refractivity contribution in [3.8, 4) is 0 Å². The average molecular weight is 429 g/mol. The Morgan fingerprint density at radius 2 is 2.06 bits per heavy atom. The first-order chi connectivity index (χ1) is 15.0. The van der Waals surface area contributed by atoms with Crippen molar-refractivity contribution in [2.45, 2.75) is 57.4 Å². The van der Waals surface area contributed by atoms with Crippen LogP contribution in [0, 0.1) is 5.82 Å². The Morgan fingerprint density at radius 3 is 2.77 bits per heavy atom. The van der Waals surface area contributed by atoms with Crippen LogP contribution in [-0.2, 0) is 11.2 Å². The van der Waals surface area contributed by atoms with Gasteiger partial charge in [0.25, 0.3) is 0 Å². The van der Waals surface area contributed by atoms with Crippen molar-refractivity contribution in [2.24, 2.45) is 0 Å². The van der Waals surface area contributed by atoms with E-state index in [4.69, 9.17) is 4.52 Å². The molecule has 4 rings (SSSR count). The third-order valence-corrected chi connectivity index (χ3v) is 6.16. The van der Waals surface area contributed by atoms with E-state index in [1.807, 2.05) is 0 Å². The van der Waals surface area contributed by atoms with Crippen LogP contribution in [0.4, 0.5) is 14.9 Å². The summed E-state index contributed by atoms with van der Waals surface area (Å²) >= 11 is 0. The lowest BCUT2D eigenvalue weighted by Crippen LogP contribution is -2.52. The third kappa shape index (κ3) is 5.03. The summed E-state index contributed by atoms with van der Waals surface area (Å²) in [6.45, 7) is 2.97. The number of nitrogens with one attached hydrogen (secondary N) is 1. The van der Waals surface area contributed by atoms with E-state index < -0.39 is 5.82 Å². The smallest absolute Gasteiger partial charge is 0.321 e. The normalized spacial score (nSPS) is 19.0. The zero-order valence-corrected chi connectivity index (χ0v) is 17.7. The number of rotatable bonds is 6. The molecule has 31 heavy (non-hydrogen) atoms. The zero-order chi connectivity index (χ0) is 21.8. The Morgan fingerprint density at radius 1 is 1.26 bits per heavy atom. The minimum Gasteiger partial charge on any atom is -0.339 e. The Balaban J connectivity index is 1.35. The topological polar surface area (TPSA) is 91.6 Å². The molecule has 0 radical (unpaired) electrons. The van der Waals surface area contributed by atoms with Crippen molar-refractivity contribution in [3.05, 3.63) is 41.8 Å². The van der Waals surface area contributed by atoms with Crippen molar-refractivity contribution in [1.82, 2.24) is 19.9 Å². The zero-order valence-electron chi connectivity index (χ0n) is 17.7. The summed E-state index contributed by atoms with van der Waals surface area (Å²) in [7, 11) is 0. The predicted molar refractivity (Wildman–Crippen MR) is 112 cm³/mol. The van der Waals surface area contributed by atoms with Gasteiger partial charge in [-0.15, -0.1) is 0 Å². The molecule has 2 aliphatic rings. The number of anilines is 1. The van der Waals surface area contributed by atoms with Crippen LogP contribution in [0.15, 0.2) is 28.8 Å². The molecule has 166 valence electrons. The van der Waals surface area contributed by atoms with Crippen LogP contribution in [0.25, 0.3) is 0 Å². The predicted octanol–water partition coefficient (Wildman–Crippen LogP) is 3.56. The molecule has 1 aromatic carbocycles. The monoisotopic (exact) mass is 429 g/mol. The van der Waals surface area contributed by atoms with Gasteiger partial charge in [-0.2, -0.15) is 4.98 Å². The summed E-state index contributed by atoms with van der Waals surface area (Å²) in [5.41, 5.74) is 0.150. The number of hydrogen-bond donors (Lipinski definition) is 1. The average Bonchev–Trinajstić information content (AvgIpc) is 3.16. The second-order valence-corrected chi connectivity index (χ2v) is 8.29. The number of aromatic nitrogens is 2. The van der Waals surface area contributed by atoms with Gasteiger partial charge in [0, 0.05) is 44.9 Å². The van der Waals surface area contributed by atoms with E-state index in [1.54, 1.807) is 21.9 Å². The van der Waals surface area contributed by atoms with Gasteiger partial charge in [0.05, 0.1) is 5.69 Å². The summed E-state index contributed by atoms with van der Waals surface area (Å²) in [6, 6.07) is 5.62. The van der Waals surface area contributed by atoms with Gasteiger partial charge in [0.1, 0.15) is 5.82 Å². The Hall–Kier alpha value is -2.97. The van der Waals surface area contributed by atoms with Crippen molar-refractivity contribution >= 4 is 17.6 Å². The van der Waals surface area contributed by atoms with E-state index in [1.165, 1.54) is 25.5 Å². The second kappa shape index (κ2) is 9.45. The third-order valence-electron chi connectivity index (χ3n) is 6.16. The first kappa shape index (κ1) is 21.3. The van der Waals surface area contributed by atoms with Crippen LogP contribution in [-0.4, -0.2) is 57.6 Å². The first-order valence-corrected chi connectivity index (χ1v) is 10.9. The largest absolute Gasteiger partial charge is 0.339 e. The van der Waals surface area contributed by atoms with E-state index in [0.717, 1.165) is 25.7 Å². The van der Waals surface area contributed by atoms with Gasteiger partial charge in [-0.25, -0.2) is 9.18 Å². The fraction of sp³-hybridized carbons (Fsp3) is 0.545. The van der Waals surface area contributed by atoms with Gasteiger partial charge in [0.2, 0.25) is 11.8 Å². The molecule has 2 heterocycles. The lowest BCUT2D eigenvalue weighted by atomic mass is 9.85. The maximum Gasteiger partial charge on any atom is 0.321 e. The summed E-state index contributed by atoms with van der Waals surface area (Å²) < 4.78 is 19.2. The highest BCUT2D eigenvalue weighted by Crippen LogP contribution is 2.35. The fourth-order valence-electron chi connectivity index (χ4n) is 4.16. The van der Waals surface area contributed by atoms with Crippen LogP contribution in [0.2, 0.25) is 0 Å². The number of urea groups is 1. The number of piperidine rings is 1. The van der Waals surface area contributed by atoms with E-state index in [9.17, 15) is 14.0 Å². The number of para-hydroxylation sites is 1. The molecule has 1 unspecified atom stereocenters. The molecular weight excluding hydrogens is 401 g/mol. The summed E-state index contributed by atoms with van der Waals surface area (Å²) in [6.07, 6.45) is 5.47. The highest BCUT2D eigenvalue weighted by atomic mass is 19.1. The van der Waals surface area contributed by atoms with Crippen molar-refractivity contribution in [1.29, 1.82) is 0 Å². The summed E-state index contributed by atoms with van der Waals surface area (Å²) in [5.74, 6) is 1.16. The number of likely N-dealkylation sites (tertiary alicyclic amines) is 1. The molecule has 8 nitrogen and oxygen atoms in total. The Labute approximate surface area is 180 Å². The van der Waals surface area contributed by atoms with Gasteiger partial charge in [0.15, 0.2) is 5.82 Å². The van der Waals surface area contributed by atoms with Crippen LogP contribution >= 0.6 is 0 Å². The van der Waals surface area contributed by atoms with E-state index >= 15 is 0 Å². The maximum atomic E-state index is 13.9. The number of amides is 3. The van der Waals surface area contributed by atoms with Gasteiger partial charge in [-0.3, -0.25) is 4.79 Å². The number of halogens is 1. The fourth-order valence-corrected chi connectivity index (χ4v) is 4.16. The number of hydrogen-bond acceptors (Lipinski definition) is 5. The quantitative estimate of drug-likeness (QED) is 0.758. The number of benzene rings is 1. The number of carbonyl (C=O) groups is 2. The second-order valence-electron chi connectivity index (χ2n) is 8.29. The van der Waals surface area contributed by atoms with Crippen LogP contribution in [0.3, 0.4) is 0 Å². The molecule has 1 aliphatic carbocycles. The number of nitrogens with zero attached hydrogens (tertiary/aromatic N) is 4. The van der Waals surface area contributed by atoms with E-state index in [-0.39, 0.29) is 23.7 Å². The first-order valence-electron chi connectivity index (χ1n) is 10.9. The summed E-state index contributed by atoms with van der Waals surface area (Å²) in [5, 5.41) is 6.69. The minimum absolute atomic E-state index is 0.0518. The molecule has 3 amide bonds.